The number of aliphatic carboxylic acids is 2. The highest BCUT2D eigenvalue weighted by Gasteiger charge is 2.34. The first-order valence-electron chi connectivity index (χ1n) is 7.97. The summed E-state index contributed by atoms with van der Waals surface area (Å²) in [6.07, 6.45) is 4.99. The van der Waals surface area contributed by atoms with Crippen LogP contribution in [0.5, 0.6) is 0 Å². The Labute approximate surface area is 150 Å². The van der Waals surface area contributed by atoms with Gasteiger partial charge in [-0.1, -0.05) is 11.6 Å². The van der Waals surface area contributed by atoms with Gasteiger partial charge in [0.1, 0.15) is 0 Å². The number of aromatic nitrogens is 2. The van der Waals surface area contributed by atoms with Gasteiger partial charge in [0, 0.05) is 37.3 Å². The Balaban J connectivity index is 0.000000242. The molecular weight excluding hydrogens is 348 g/mol. The maximum atomic E-state index is 9.55. The molecule has 2 atom stereocenters. The van der Waals surface area contributed by atoms with E-state index in [4.69, 9.17) is 21.8 Å². The maximum absolute atomic E-state index is 9.55. The third-order valence-electron chi connectivity index (χ3n) is 4.46. The van der Waals surface area contributed by atoms with E-state index < -0.39 is 11.9 Å². The number of fused-ring (bicyclic) bond motifs is 2. The number of carboxylic acids is 2. The number of anilines is 1. The molecule has 2 saturated heterocycles. The van der Waals surface area contributed by atoms with Gasteiger partial charge in [0.25, 0.3) is 0 Å². The van der Waals surface area contributed by atoms with E-state index in [9.17, 15) is 9.59 Å². The van der Waals surface area contributed by atoms with Crippen molar-refractivity contribution in [2.24, 2.45) is 0 Å². The van der Waals surface area contributed by atoms with Crippen molar-refractivity contribution in [1.82, 2.24) is 15.1 Å². The summed E-state index contributed by atoms with van der Waals surface area (Å²) in [6.45, 7) is 2.13. The SMILES string of the molecule is CN1C2CCC1CN(c1ccc(Cl)nn1)CC2.O=C(O)/C=C/C(=O)O. The van der Waals surface area contributed by atoms with Crippen LogP contribution in [0.2, 0.25) is 5.15 Å². The second-order valence-corrected chi connectivity index (χ2v) is 6.40. The summed E-state index contributed by atoms with van der Waals surface area (Å²) in [4.78, 5) is 24.0. The Morgan fingerprint density at radius 2 is 1.76 bits per heavy atom. The van der Waals surface area contributed by atoms with Crippen molar-refractivity contribution in [3.63, 3.8) is 0 Å². The van der Waals surface area contributed by atoms with Crippen LogP contribution >= 0.6 is 11.6 Å². The maximum Gasteiger partial charge on any atom is 0.328 e. The van der Waals surface area contributed by atoms with Crippen molar-refractivity contribution in [2.45, 2.75) is 31.3 Å². The highest BCUT2D eigenvalue weighted by molar-refractivity contribution is 6.29. The van der Waals surface area contributed by atoms with Gasteiger partial charge in [-0.25, -0.2) is 9.59 Å². The molecule has 136 valence electrons. The van der Waals surface area contributed by atoms with Crippen molar-refractivity contribution in [3.8, 4) is 0 Å². The van der Waals surface area contributed by atoms with Crippen molar-refractivity contribution >= 4 is 29.4 Å². The lowest BCUT2D eigenvalue weighted by atomic mass is 10.1. The first-order valence-corrected chi connectivity index (χ1v) is 8.34. The summed E-state index contributed by atoms with van der Waals surface area (Å²) in [5, 5.41) is 24.2. The normalized spacial score (nSPS) is 23.0. The summed E-state index contributed by atoms with van der Waals surface area (Å²) >= 11 is 5.77. The van der Waals surface area contributed by atoms with Gasteiger partial charge >= 0.3 is 11.9 Å². The molecule has 2 aliphatic heterocycles. The Morgan fingerprint density at radius 1 is 1.12 bits per heavy atom. The molecule has 2 fully saturated rings. The Morgan fingerprint density at radius 3 is 2.32 bits per heavy atom. The van der Waals surface area contributed by atoms with E-state index in [0.717, 1.165) is 24.9 Å². The van der Waals surface area contributed by atoms with E-state index in [-0.39, 0.29) is 0 Å². The molecule has 2 N–H and O–H groups in total. The number of hydrogen-bond donors (Lipinski definition) is 2. The molecule has 0 spiro atoms. The van der Waals surface area contributed by atoms with Gasteiger partial charge in [-0.15, -0.1) is 10.2 Å². The average molecular weight is 369 g/mol. The minimum atomic E-state index is -1.26. The van der Waals surface area contributed by atoms with E-state index in [1.807, 2.05) is 12.1 Å². The second-order valence-electron chi connectivity index (χ2n) is 6.01. The summed E-state index contributed by atoms with van der Waals surface area (Å²) in [5.41, 5.74) is 0. The van der Waals surface area contributed by atoms with Crippen LogP contribution in [0.25, 0.3) is 0 Å². The molecule has 9 heteroatoms. The lowest BCUT2D eigenvalue weighted by Gasteiger charge is -2.26. The summed E-state index contributed by atoms with van der Waals surface area (Å²) in [7, 11) is 2.25. The Bertz CT molecular complexity index is 622. The van der Waals surface area contributed by atoms with E-state index in [0.29, 0.717) is 23.3 Å². The zero-order chi connectivity index (χ0) is 18.4. The predicted molar refractivity (Wildman–Crippen MR) is 92.9 cm³/mol. The summed E-state index contributed by atoms with van der Waals surface area (Å²) in [6, 6.07) is 5.20. The first kappa shape index (κ1) is 19.1. The van der Waals surface area contributed by atoms with Crippen LogP contribution in [-0.4, -0.2) is 69.5 Å². The first-order chi connectivity index (χ1) is 11.9. The zero-order valence-electron chi connectivity index (χ0n) is 13.9. The number of hydrogen-bond acceptors (Lipinski definition) is 6. The van der Waals surface area contributed by atoms with Crippen LogP contribution in [0.4, 0.5) is 5.82 Å². The van der Waals surface area contributed by atoms with E-state index in [1.54, 1.807) is 0 Å². The van der Waals surface area contributed by atoms with E-state index in [2.05, 4.69) is 27.0 Å². The molecule has 0 aromatic carbocycles. The van der Waals surface area contributed by atoms with Gasteiger partial charge in [-0.2, -0.15) is 0 Å². The van der Waals surface area contributed by atoms with Crippen molar-refractivity contribution in [2.75, 3.05) is 25.0 Å². The molecule has 8 nitrogen and oxygen atoms in total. The van der Waals surface area contributed by atoms with Gasteiger partial charge in [-0.3, -0.25) is 4.90 Å². The number of rotatable bonds is 3. The number of halogens is 1. The van der Waals surface area contributed by atoms with Crippen LogP contribution in [-0.2, 0) is 9.59 Å². The Hall–Kier alpha value is -2.19. The highest BCUT2D eigenvalue weighted by Crippen LogP contribution is 2.29. The topological polar surface area (TPSA) is 107 Å². The largest absolute Gasteiger partial charge is 0.478 e. The molecule has 25 heavy (non-hydrogen) atoms. The zero-order valence-corrected chi connectivity index (χ0v) is 14.6. The van der Waals surface area contributed by atoms with Crippen molar-refractivity contribution in [3.05, 3.63) is 29.4 Å². The standard InChI is InChI=1S/C12H17ClN4.C4H4O4/c1-16-9-2-3-10(16)8-17(7-6-9)12-5-4-11(13)14-15-12;5-3(6)1-2-4(7)8/h4-5,9-10H,2-3,6-8H2,1H3;1-2H,(H,5,6)(H,7,8)/b;2-1+. The van der Waals surface area contributed by atoms with Crippen molar-refractivity contribution < 1.29 is 19.8 Å². The Kier molecular flexibility index (Phi) is 6.72. The molecule has 1 aromatic heterocycles. The molecule has 2 bridgehead atoms. The number of nitrogens with zero attached hydrogens (tertiary/aromatic N) is 4. The number of carbonyl (C=O) groups is 2. The fourth-order valence-corrected chi connectivity index (χ4v) is 3.24. The highest BCUT2D eigenvalue weighted by atomic mass is 35.5. The van der Waals surface area contributed by atoms with Crippen LogP contribution in [0.15, 0.2) is 24.3 Å². The van der Waals surface area contributed by atoms with Gasteiger partial charge in [0.15, 0.2) is 11.0 Å². The van der Waals surface area contributed by atoms with Gasteiger partial charge in [-0.05, 0) is 38.4 Å². The average Bonchev–Trinajstić information content (AvgIpc) is 2.80. The van der Waals surface area contributed by atoms with E-state index >= 15 is 0 Å². The van der Waals surface area contributed by atoms with Crippen LogP contribution in [0, 0.1) is 0 Å². The fraction of sp³-hybridized carbons (Fsp3) is 0.500. The number of carboxylic acid groups (broad SMARTS) is 2. The monoisotopic (exact) mass is 368 g/mol. The van der Waals surface area contributed by atoms with Crippen LogP contribution in [0.1, 0.15) is 19.3 Å². The third-order valence-corrected chi connectivity index (χ3v) is 4.66. The summed E-state index contributed by atoms with van der Waals surface area (Å²) < 4.78 is 0. The van der Waals surface area contributed by atoms with Gasteiger partial charge in [0.05, 0.1) is 0 Å². The predicted octanol–water partition coefficient (Wildman–Crippen LogP) is 1.51. The number of likely N-dealkylation sites (N-methyl/N-ethyl adjacent to an activating group) is 1. The molecule has 3 heterocycles. The van der Waals surface area contributed by atoms with Gasteiger partial charge < -0.3 is 15.1 Å². The smallest absolute Gasteiger partial charge is 0.328 e. The molecule has 0 saturated carbocycles. The minimum Gasteiger partial charge on any atom is -0.478 e. The molecular formula is C16H21ClN4O4. The molecule has 0 radical (unpaired) electrons. The van der Waals surface area contributed by atoms with Gasteiger partial charge in [0.2, 0.25) is 0 Å². The van der Waals surface area contributed by atoms with E-state index in [1.165, 1.54) is 19.3 Å². The molecule has 0 aliphatic carbocycles. The summed E-state index contributed by atoms with van der Waals surface area (Å²) in [5.74, 6) is -1.56. The third kappa shape index (κ3) is 5.68. The molecule has 1 aromatic rings. The van der Waals surface area contributed by atoms with Crippen molar-refractivity contribution in [1.29, 1.82) is 0 Å². The quantitative estimate of drug-likeness (QED) is 0.773. The molecule has 2 unspecified atom stereocenters. The lowest BCUT2D eigenvalue weighted by molar-refractivity contribution is -0.134. The molecule has 2 aliphatic rings. The minimum absolute atomic E-state index is 0.460. The van der Waals surface area contributed by atoms with Crippen LogP contribution < -0.4 is 4.90 Å². The lowest BCUT2D eigenvalue weighted by Crippen LogP contribution is -2.37. The molecule has 0 amide bonds. The fourth-order valence-electron chi connectivity index (χ4n) is 3.14. The molecule has 3 rings (SSSR count). The van der Waals surface area contributed by atoms with Crippen LogP contribution in [0.3, 0.4) is 0 Å². The second kappa shape index (κ2) is 8.77.